The quantitative estimate of drug-likeness (QED) is 0.803. The van der Waals surface area contributed by atoms with Crippen LogP contribution in [0.1, 0.15) is 26.2 Å². The predicted molar refractivity (Wildman–Crippen MR) is 67.7 cm³/mol. The molecule has 0 heterocycles. The van der Waals surface area contributed by atoms with Crippen LogP contribution >= 0.6 is 0 Å². The SMILES string of the molecule is CC/C=C(\O)C1(C(=O)Nc2ccc(F)cc2)CC1. The summed E-state index contributed by atoms with van der Waals surface area (Å²) in [5, 5.41) is 12.6. The van der Waals surface area contributed by atoms with Crippen molar-refractivity contribution in [2.45, 2.75) is 26.2 Å². The first kappa shape index (κ1) is 12.6. The van der Waals surface area contributed by atoms with E-state index in [0.29, 0.717) is 24.9 Å². The predicted octanol–water partition coefficient (Wildman–Crippen LogP) is 3.40. The maximum Gasteiger partial charge on any atom is 0.238 e. The number of anilines is 1. The lowest BCUT2D eigenvalue weighted by atomic mass is 10.0. The zero-order chi connectivity index (χ0) is 13.2. The molecule has 0 radical (unpaired) electrons. The molecule has 0 unspecified atom stereocenters. The average molecular weight is 249 g/mol. The largest absolute Gasteiger partial charge is 0.512 e. The molecule has 3 nitrogen and oxygen atoms in total. The molecule has 1 aliphatic carbocycles. The van der Waals surface area contributed by atoms with Crippen LogP contribution in [0.5, 0.6) is 0 Å². The third-order valence-electron chi connectivity index (χ3n) is 3.17. The summed E-state index contributed by atoms with van der Waals surface area (Å²) in [5.41, 5.74) is -0.221. The third kappa shape index (κ3) is 2.37. The van der Waals surface area contributed by atoms with E-state index in [0.717, 1.165) is 0 Å². The van der Waals surface area contributed by atoms with Crippen molar-refractivity contribution in [3.63, 3.8) is 0 Å². The molecule has 0 atom stereocenters. The van der Waals surface area contributed by atoms with Crippen LogP contribution in [0.15, 0.2) is 36.1 Å². The molecule has 1 aromatic rings. The minimum Gasteiger partial charge on any atom is -0.512 e. The van der Waals surface area contributed by atoms with Crippen LogP contribution in [0.2, 0.25) is 0 Å². The van der Waals surface area contributed by atoms with Crippen molar-refractivity contribution >= 4 is 11.6 Å². The molecule has 0 aliphatic heterocycles. The number of halogens is 1. The van der Waals surface area contributed by atoms with Crippen LogP contribution in [0, 0.1) is 11.2 Å². The van der Waals surface area contributed by atoms with Crippen LogP contribution in [0.3, 0.4) is 0 Å². The maximum atomic E-state index is 12.7. The Morgan fingerprint density at radius 2 is 2.06 bits per heavy atom. The van der Waals surface area contributed by atoms with Crippen molar-refractivity contribution in [1.82, 2.24) is 0 Å². The van der Waals surface area contributed by atoms with Gasteiger partial charge in [-0.1, -0.05) is 6.92 Å². The van der Waals surface area contributed by atoms with Gasteiger partial charge in [0.2, 0.25) is 5.91 Å². The molecule has 0 bridgehead atoms. The van der Waals surface area contributed by atoms with E-state index in [4.69, 9.17) is 0 Å². The summed E-state index contributed by atoms with van der Waals surface area (Å²) < 4.78 is 12.7. The summed E-state index contributed by atoms with van der Waals surface area (Å²) in [6.07, 6.45) is 3.67. The number of hydrogen-bond donors (Lipinski definition) is 2. The monoisotopic (exact) mass is 249 g/mol. The van der Waals surface area contributed by atoms with Crippen molar-refractivity contribution in [3.8, 4) is 0 Å². The molecule has 96 valence electrons. The number of benzene rings is 1. The van der Waals surface area contributed by atoms with Gasteiger partial charge in [-0.2, -0.15) is 0 Å². The molecule has 0 spiro atoms. The van der Waals surface area contributed by atoms with E-state index in [1.54, 1.807) is 6.08 Å². The minimum absolute atomic E-state index is 0.143. The van der Waals surface area contributed by atoms with Gasteiger partial charge in [0, 0.05) is 5.69 Å². The number of carbonyl (C=O) groups excluding carboxylic acids is 1. The molecular formula is C14H16FNO2. The fourth-order valence-corrected chi connectivity index (χ4v) is 1.90. The minimum atomic E-state index is -0.760. The second-order valence-electron chi connectivity index (χ2n) is 4.54. The molecule has 2 N–H and O–H groups in total. The van der Waals surface area contributed by atoms with Gasteiger partial charge in [0.15, 0.2) is 0 Å². The molecule has 18 heavy (non-hydrogen) atoms. The smallest absolute Gasteiger partial charge is 0.238 e. The number of aliphatic hydroxyl groups excluding tert-OH is 1. The zero-order valence-corrected chi connectivity index (χ0v) is 10.2. The standard InChI is InChI=1S/C14H16FNO2/c1-2-3-12(17)14(8-9-14)13(18)16-11-6-4-10(15)5-7-11/h3-7,17H,2,8-9H2,1H3,(H,16,18)/b12-3-. The fourth-order valence-electron chi connectivity index (χ4n) is 1.90. The number of amides is 1. The number of nitrogens with one attached hydrogen (secondary N) is 1. The van der Waals surface area contributed by atoms with Crippen LogP contribution < -0.4 is 5.32 Å². The van der Waals surface area contributed by atoms with Crippen molar-refractivity contribution in [2.24, 2.45) is 5.41 Å². The van der Waals surface area contributed by atoms with E-state index in [9.17, 15) is 14.3 Å². The van der Waals surface area contributed by atoms with E-state index < -0.39 is 5.41 Å². The van der Waals surface area contributed by atoms with Gasteiger partial charge in [-0.05, 0) is 49.6 Å². The van der Waals surface area contributed by atoms with Crippen molar-refractivity contribution in [3.05, 3.63) is 41.9 Å². The normalized spacial score (nSPS) is 17.3. The van der Waals surface area contributed by atoms with Gasteiger partial charge in [-0.15, -0.1) is 0 Å². The molecule has 4 heteroatoms. The number of aliphatic hydroxyl groups is 1. The molecule has 1 aliphatic rings. The first-order valence-electron chi connectivity index (χ1n) is 6.05. The molecule has 1 aromatic carbocycles. The van der Waals surface area contributed by atoms with E-state index in [2.05, 4.69) is 5.32 Å². The maximum absolute atomic E-state index is 12.7. The molecule has 1 saturated carbocycles. The zero-order valence-electron chi connectivity index (χ0n) is 10.2. The second-order valence-corrected chi connectivity index (χ2v) is 4.54. The highest BCUT2D eigenvalue weighted by Gasteiger charge is 2.53. The van der Waals surface area contributed by atoms with Gasteiger partial charge >= 0.3 is 0 Å². The van der Waals surface area contributed by atoms with Crippen LogP contribution in [-0.2, 0) is 4.79 Å². The Labute approximate surface area is 105 Å². The van der Waals surface area contributed by atoms with E-state index in [-0.39, 0.29) is 17.5 Å². The Bertz CT molecular complexity index is 475. The summed E-state index contributed by atoms with van der Waals surface area (Å²) >= 11 is 0. The topological polar surface area (TPSA) is 49.3 Å². The number of carbonyl (C=O) groups is 1. The van der Waals surface area contributed by atoms with Gasteiger partial charge in [0.1, 0.15) is 17.0 Å². The third-order valence-corrected chi connectivity index (χ3v) is 3.17. The number of allylic oxidation sites excluding steroid dienone is 1. The van der Waals surface area contributed by atoms with Crippen LogP contribution in [-0.4, -0.2) is 11.0 Å². The summed E-state index contributed by atoms with van der Waals surface area (Å²) in [5.74, 6) is -0.427. The summed E-state index contributed by atoms with van der Waals surface area (Å²) in [6.45, 7) is 1.91. The summed E-state index contributed by atoms with van der Waals surface area (Å²) in [7, 11) is 0. The van der Waals surface area contributed by atoms with E-state index >= 15 is 0 Å². The van der Waals surface area contributed by atoms with Crippen molar-refractivity contribution in [1.29, 1.82) is 0 Å². The Morgan fingerprint density at radius 1 is 1.44 bits per heavy atom. The highest BCUT2D eigenvalue weighted by molar-refractivity contribution is 5.99. The van der Waals surface area contributed by atoms with Crippen LogP contribution in [0.4, 0.5) is 10.1 Å². The first-order valence-corrected chi connectivity index (χ1v) is 6.05. The highest BCUT2D eigenvalue weighted by atomic mass is 19.1. The van der Waals surface area contributed by atoms with E-state index in [1.165, 1.54) is 24.3 Å². The Hall–Kier alpha value is -1.84. The fraction of sp³-hybridized carbons (Fsp3) is 0.357. The lowest BCUT2D eigenvalue weighted by molar-refractivity contribution is -0.120. The lowest BCUT2D eigenvalue weighted by Gasteiger charge is -2.14. The summed E-state index contributed by atoms with van der Waals surface area (Å²) in [4.78, 5) is 12.1. The summed E-state index contributed by atoms with van der Waals surface area (Å²) in [6, 6.07) is 5.58. The van der Waals surface area contributed by atoms with Gasteiger partial charge in [-0.25, -0.2) is 4.39 Å². The van der Waals surface area contributed by atoms with Crippen molar-refractivity contribution < 1.29 is 14.3 Å². The molecule has 0 aromatic heterocycles. The first-order chi connectivity index (χ1) is 8.58. The molecule has 1 fully saturated rings. The Morgan fingerprint density at radius 3 is 2.56 bits per heavy atom. The second kappa shape index (κ2) is 4.80. The molecule has 1 amide bonds. The van der Waals surface area contributed by atoms with E-state index in [1.807, 2.05) is 6.92 Å². The molecule has 2 rings (SSSR count). The van der Waals surface area contributed by atoms with Crippen molar-refractivity contribution in [2.75, 3.05) is 5.32 Å². The number of hydrogen-bond acceptors (Lipinski definition) is 2. The van der Waals surface area contributed by atoms with Gasteiger partial charge in [-0.3, -0.25) is 4.79 Å². The lowest BCUT2D eigenvalue weighted by Crippen LogP contribution is -2.26. The van der Waals surface area contributed by atoms with Crippen LogP contribution in [0.25, 0.3) is 0 Å². The molecule has 0 saturated heterocycles. The molecular weight excluding hydrogens is 233 g/mol. The average Bonchev–Trinajstić information content (AvgIpc) is 3.14. The Balaban J connectivity index is 2.09. The Kier molecular flexibility index (Phi) is 3.36. The highest BCUT2D eigenvalue weighted by Crippen LogP contribution is 2.51. The van der Waals surface area contributed by atoms with Gasteiger partial charge < -0.3 is 10.4 Å². The number of rotatable bonds is 4. The van der Waals surface area contributed by atoms with Gasteiger partial charge in [0.05, 0.1) is 0 Å². The van der Waals surface area contributed by atoms with Gasteiger partial charge in [0.25, 0.3) is 0 Å².